The van der Waals surface area contributed by atoms with Gasteiger partial charge in [0.05, 0.1) is 29.6 Å². The maximum absolute atomic E-state index is 12.1. The van der Waals surface area contributed by atoms with Crippen molar-refractivity contribution in [3.63, 3.8) is 0 Å². The molecule has 2 unspecified atom stereocenters. The summed E-state index contributed by atoms with van der Waals surface area (Å²) in [5, 5.41) is 15.7. The van der Waals surface area contributed by atoms with E-state index in [-0.39, 0.29) is 11.9 Å². The van der Waals surface area contributed by atoms with Gasteiger partial charge in [-0.05, 0) is 18.9 Å². The summed E-state index contributed by atoms with van der Waals surface area (Å²) < 4.78 is 0. The van der Waals surface area contributed by atoms with Gasteiger partial charge >= 0.3 is 0 Å². The number of anilines is 1. The zero-order valence-corrected chi connectivity index (χ0v) is 10.5. The molecule has 0 aliphatic heterocycles. The molecule has 1 amide bonds. The number of aromatic nitrogens is 1. The van der Waals surface area contributed by atoms with Crippen molar-refractivity contribution < 1.29 is 9.90 Å². The molecular weight excluding hydrogens is 230 g/mol. The van der Waals surface area contributed by atoms with Crippen LogP contribution in [0.1, 0.15) is 36.0 Å². The topological polar surface area (TPSA) is 74.2 Å². The highest BCUT2D eigenvalue weighted by Gasteiger charge is 2.25. The Morgan fingerprint density at radius 3 is 2.94 bits per heavy atom. The lowest BCUT2D eigenvalue weighted by atomic mass is 9.92. The Labute approximate surface area is 107 Å². The van der Waals surface area contributed by atoms with Gasteiger partial charge in [-0.25, -0.2) is 0 Å². The van der Waals surface area contributed by atoms with E-state index in [4.69, 9.17) is 0 Å². The van der Waals surface area contributed by atoms with E-state index in [1.54, 1.807) is 25.5 Å². The lowest BCUT2D eigenvalue weighted by Gasteiger charge is -2.28. The summed E-state index contributed by atoms with van der Waals surface area (Å²) in [7, 11) is 1.75. The number of nitrogens with zero attached hydrogens (tertiary/aromatic N) is 1. The van der Waals surface area contributed by atoms with Gasteiger partial charge < -0.3 is 15.7 Å². The van der Waals surface area contributed by atoms with E-state index < -0.39 is 6.10 Å². The number of carbonyl (C=O) groups excluding carboxylic acids is 1. The first kappa shape index (κ1) is 12.8. The van der Waals surface area contributed by atoms with Crippen molar-refractivity contribution in [3.8, 4) is 0 Å². The summed E-state index contributed by atoms with van der Waals surface area (Å²) in [5.74, 6) is -0.160. The van der Waals surface area contributed by atoms with Crippen LogP contribution in [0, 0.1) is 0 Å². The molecule has 2 atom stereocenters. The maximum atomic E-state index is 12.1. The van der Waals surface area contributed by atoms with Gasteiger partial charge in [0.1, 0.15) is 0 Å². The average molecular weight is 249 g/mol. The van der Waals surface area contributed by atoms with Crippen molar-refractivity contribution >= 4 is 11.6 Å². The molecule has 0 saturated heterocycles. The molecule has 0 aromatic carbocycles. The molecule has 18 heavy (non-hydrogen) atoms. The molecular formula is C13H19N3O2. The Balaban J connectivity index is 2.07. The quantitative estimate of drug-likeness (QED) is 0.751. The predicted molar refractivity (Wildman–Crippen MR) is 69.5 cm³/mol. The summed E-state index contributed by atoms with van der Waals surface area (Å²) in [5.41, 5.74) is 1.26. The van der Waals surface area contributed by atoms with E-state index >= 15 is 0 Å². The van der Waals surface area contributed by atoms with Gasteiger partial charge in [0.25, 0.3) is 5.91 Å². The molecule has 1 saturated carbocycles. The fraction of sp³-hybridized carbons (Fsp3) is 0.538. The van der Waals surface area contributed by atoms with Crippen LogP contribution in [-0.4, -0.2) is 35.2 Å². The lowest BCUT2D eigenvalue weighted by Crippen LogP contribution is -2.45. The molecule has 98 valence electrons. The van der Waals surface area contributed by atoms with Gasteiger partial charge in [0, 0.05) is 13.2 Å². The molecule has 1 aliphatic rings. The number of hydrogen-bond acceptors (Lipinski definition) is 4. The third-order valence-corrected chi connectivity index (χ3v) is 3.38. The van der Waals surface area contributed by atoms with Gasteiger partial charge in [0.2, 0.25) is 0 Å². The third-order valence-electron chi connectivity index (χ3n) is 3.38. The number of amides is 1. The first-order chi connectivity index (χ1) is 8.72. The molecule has 0 bridgehead atoms. The number of rotatable bonds is 3. The van der Waals surface area contributed by atoms with E-state index in [1.807, 2.05) is 0 Å². The summed E-state index contributed by atoms with van der Waals surface area (Å²) in [6, 6.07) is 1.54. The minimum atomic E-state index is -0.428. The van der Waals surface area contributed by atoms with E-state index in [0.29, 0.717) is 11.3 Å². The Morgan fingerprint density at radius 2 is 2.22 bits per heavy atom. The molecule has 3 N–H and O–H groups in total. The first-order valence-electron chi connectivity index (χ1n) is 6.33. The van der Waals surface area contributed by atoms with Gasteiger partial charge in [-0.2, -0.15) is 0 Å². The second-order valence-corrected chi connectivity index (χ2v) is 4.60. The van der Waals surface area contributed by atoms with Crippen LogP contribution in [0.3, 0.4) is 0 Å². The zero-order chi connectivity index (χ0) is 13.0. The highest BCUT2D eigenvalue weighted by Crippen LogP contribution is 2.19. The Kier molecular flexibility index (Phi) is 4.15. The van der Waals surface area contributed by atoms with Crippen LogP contribution in [0.4, 0.5) is 5.69 Å². The molecule has 1 aromatic rings. The Morgan fingerprint density at radius 1 is 1.44 bits per heavy atom. The van der Waals surface area contributed by atoms with Gasteiger partial charge in [-0.1, -0.05) is 12.8 Å². The molecule has 1 aliphatic carbocycles. The predicted octanol–water partition coefficient (Wildman–Crippen LogP) is 1.16. The number of pyridine rings is 1. The van der Waals surface area contributed by atoms with Gasteiger partial charge in [-0.15, -0.1) is 0 Å². The molecule has 0 spiro atoms. The maximum Gasteiger partial charge on any atom is 0.253 e. The smallest absolute Gasteiger partial charge is 0.253 e. The Bertz CT molecular complexity index is 422. The first-order valence-corrected chi connectivity index (χ1v) is 6.33. The molecule has 1 heterocycles. The van der Waals surface area contributed by atoms with Crippen molar-refractivity contribution in [2.24, 2.45) is 0 Å². The standard InChI is InChI=1S/C13H19N3O2/c1-14-11-8-15-7-6-9(11)13(18)16-10-4-2-3-5-12(10)17/h6-8,10,12,14,17H,2-5H2,1H3,(H,16,18). The zero-order valence-electron chi connectivity index (χ0n) is 10.5. The minimum absolute atomic E-state index is 0.135. The molecule has 0 radical (unpaired) electrons. The number of nitrogens with one attached hydrogen (secondary N) is 2. The van der Waals surface area contributed by atoms with Crippen LogP contribution in [0.5, 0.6) is 0 Å². The summed E-state index contributed by atoms with van der Waals surface area (Å²) >= 11 is 0. The Hall–Kier alpha value is -1.62. The largest absolute Gasteiger partial charge is 0.391 e. The van der Waals surface area contributed by atoms with Crippen molar-refractivity contribution in [2.75, 3.05) is 12.4 Å². The second-order valence-electron chi connectivity index (χ2n) is 4.60. The van der Waals surface area contributed by atoms with Crippen molar-refractivity contribution in [3.05, 3.63) is 24.0 Å². The summed E-state index contributed by atoms with van der Waals surface area (Å²) in [6.45, 7) is 0. The lowest BCUT2D eigenvalue weighted by molar-refractivity contribution is 0.0718. The van der Waals surface area contributed by atoms with E-state index in [9.17, 15) is 9.90 Å². The number of hydrogen-bond donors (Lipinski definition) is 3. The normalized spacial score (nSPS) is 23.4. The molecule has 1 aromatic heterocycles. The monoisotopic (exact) mass is 249 g/mol. The van der Waals surface area contributed by atoms with E-state index in [0.717, 1.165) is 25.7 Å². The average Bonchev–Trinajstić information content (AvgIpc) is 2.41. The molecule has 1 fully saturated rings. The minimum Gasteiger partial charge on any atom is -0.391 e. The molecule has 5 nitrogen and oxygen atoms in total. The number of carbonyl (C=O) groups is 1. The van der Waals surface area contributed by atoms with Crippen molar-refractivity contribution in [2.45, 2.75) is 37.8 Å². The van der Waals surface area contributed by atoms with Crippen LogP contribution < -0.4 is 10.6 Å². The van der Waals surface area contributed by atoms with Gasteiger partial charge in [0.15, 0.2) is 0 Å². The van der Waals surface area contributed by atoms with Crippen LogP contribution >= 0.6 is 0 Å². The molecule has 5 heteroatoms. The highest BCUT2D eigenvalue weighted by atomic mass is 16.3. The third kappa shape index (κ3) is 2.79. The number of aliphatic hydroxyl groups excluding tert-OH is 1. The summed E-state index contributed by atoms with van der Waals surface area (Å²) in [6.07, 6.45) is 6.47. The highest BCUT2D eigenvalue weighted by molar-refractivity contribution is 5.99. The van der Waals surface area contributed by atoms with Crippen molar-refractivity contribution in [1.82, 2.24) is 10.3 Å². The van der Waals surface area contributed by atoms with Gasteiger partial charge in [-0.3, -0.25) is 9.78 Å². The van der Waals surface area contributed by atoms with Crippen molar-refractivity contribution in [1.29, 1.82) is 0 Å². The van der Waals surface area contributed by atoms with Crippen LogP contribution in [0.2, 0.25) is 0 Å². The van der Waals surface area contributed by atoms with E-state index in [2.05, 4.69) is 15.6 Å². The van der Waals surface area contributed by atoms with E-state index in [1.165, 1.54) is 0 Å². The summed E-state index contributed by atoms with van der Waals surface area (Å²) in [4.78, 5) is 16.1. The second kappa shape index (κ2) is 5.82. The fourth-order valence-electron chi connectivity index (χ4n) is 2.32. The van der Waals surface area contributed by atoms with Crippen LogP contribution in [0.15, 0.2) is 18.5 Å². The SMILES string of the molecule is CNc1cnccc1C(=O)NC1CCCCC1O. The number of aliphatic hydroxyl groups is 1. The van der Waals surface area contributed by atoms with Crippen LogP contribution in [-0.2, 0) is 0 Å². The molecule has 2 rings (SSSR count). The fourth-order valence-corrected chi connectivity index (χ4v) is 2.32. The van der Waals surface area contributed by atoms with Crippen LogP contribution in [0.25, 0.3) is 0 Å².